The third-order valence-corrected chi connectivity index (χ3v) is 3.48. The molecule has 0 spiro atoms. The van der Waals surface area contributed by atoms with E-state index in [-0.39, 0.29) is 16.8 Å². The number of aryl methyl sites for hydroxylation is 1. The van der Waals surface area contributed by atoms with Gasteiger partial charge < -0.3 is 5.32 Å². The molecule has 0 heterocycles. The van der Waals surface area contributed by atoms with E-state index in [1.807, 2.05) is 13.0 Å². The van der Waals surface area contributed by atoms with E-state index in [1.165, 1.54) is 18.2 Å². The van der Waals surface area contributed by atoms with Gasteiger partial charge in [0.2, 0.25) is 0 Å². The summed E-state index contributed by atoms with van der Waals surface area (Å²) in [5.41, 5.74) is 2.57. The van der Waals surface area contributed by atoms with Gasteiger partial charge >= 0.3 is 0 Å². The highest BCUT2D eigenvalue weighted by Gasteiger charge is 2.09. The smallest absolute Gasteiger partial charge is 0.271 e. The number of nitro benzene ring substituents is 1. The summed E-state index contributed by atoms with van der Waals surface area (Å²) in [6, 6.07) is 11.2. The number of hydrogen-bond donors (Lipinski definition) is 1. The zero-order chi connectivity index (χ0) is 17.7. The van der Waals surface area contributed by atoms with E-state index >= 15 is 0 Å². The first-order valence-corrected chi connectivity index (χ1v) is 7.41. The van der Waals surface area contributed by atoms with Crippen LogP contribution in [0.5, 0.6) is 0 Å². The molecule has 0 fully saturated rings. The number of benzene rings is 2. The molecule has 0 aliphatic carbocycles. The maximum absolute atomic E-state index is 10.7. The first-order valence-electron chi connectivity index (χ1n) is 7.03. The van der Waals surface area contributed by atoms with Crippen molar-refractivity contribution >= 4 is 34.4 Å². The Balaban J connectivity index is 2.20. The van der Waals surface area contributed by atoms with Crippen LogP contribution < -0.4 is 5.32 Å². The zero-order valence-corrected chi connectivity index (χ0v) is 13.8. The fourth-order valence-electron chi connectivity index (χ4n) is 1.94. The van der Waals surface area contributed by atoms with Crippen molar-refractivity contribution in [3.63, 3.8) is 0 Å². The van der Waals surface area contributed by atoms with Crippen LogP contribution in [0.4, 0.5) is 22.7 Å². The summed E-state index contributed by atoms with van der Waals surface area (Å²) in [4.78, 5) is 10.2. The van der Waals surface area contributed by atoms with Crippen LogP contribution in [-0.4, -0.2) is 11.0 Å². The minimum absolute atomic E-state index is 0.0998. The van der Waals surface area contributed by atoms with Crippen molar-refractivity contribution in [2.24, 2.45) is 10.2 Å². The molecule has 0 radical (unpaired) electrons. The topological polar surface area (TPSA) is 104 Å². The van der Waals surface area contributed by atoms with Crippen LogP contribution in [0.25, 0.3) is 0 Å². The number of nitrogens with one attached hydrogen (secondary N) is 1. The average molecular weight is 344 g/mol. The van der Waals surface area contributed by atoms with E-state index in [9.17, 15) is 10.1 Å². The molecule has 24 heavy (non-hydrogen) atoms. The van der Waals surface area contributed by atoms with Gasteiger partial charge in [0.25, 0.3) is 5.69 Å². The second kappa shape index (κ2) is 7.53. The molecule has 122 valence electrons. The lowest BCUT2D eigenvalue weighted by molar-refractivity contribution is -0.384. The lowest BCUT2D eigenvalue weighted by atomic mass is 10.1. The normalized spacial score (nSPS) is 11.9. The second-order valence-electron chi connectivity index (χ2n) is 5.09. The van der Waals surface area contributed by atoms with Crippen molar-refractivity contribution in [2.45, 2.75) is 19.9 Å². The van der Waals surface area contributed by atoms with Crippen molar-refractivity contribution in [1.29, 1.82) is 5.26 Å². The Morgan fingerprint density at radius 2 is 1.92 bits per heavy atom. The number of azo groups is 1. The monoisotopic (exact) mass is 343 g/mol. The molecule has 1 unspecified atom stereocenters. The first-order chi connectivity index (χ1) is 11.4. The van der Waals surface area contributed by atoms with Crippen molar-refractivity contribution < 1.29 is 4.92 Å². The van der Waals surface area contributed by atoms with Gasteiger partial charge in [-0.1, -0.05) is 11.6 Å². The molecule has 0 aliphatic rings. The highest BCUT2D eigenvalue weighted by molar-refractivity contribution is 6.33. The van der Waals surface area contributed by atoms with Crippen molar-refractivity contribution in [3.8, 4) is 6.07 Å². The van der Waals surface area contributed by atoms with Crippen molar-refractivity contribution in [2.75, 3.05) is 5.32 Å². The first kappa shape index (κ1) is 17.4. The molecule has 2 aromatic rings. The van der Waals surface area contributed by atoms with Crippen LogP contribution in [0, 0.1) is 28.4 Å². The summed E-state index contributed by atoms with van der Waals surface area (Å²) in [6.07, 6.45) is 0. The molecule has 0 saturated heterocycles. The van der Waals surface area contributed by atoms with Crippen molar-refractivity contribution in [3.05, 3.63) is 57.1 Å². The van der Waals surface area contributed by atoms with Crippen molar-refractivity contribution in [1.82, 2.24) is 0 Å². The fraction of sp³-hybridized carbons (Fsp3) is 0.188. The third kappa shape index (κ3) is 4.27. The number of halogens is 1. The Labute approximate surface area is 143 Å². The predicted octanol–water partition coefficient (Wildman–Crippen LogP) is 5.30. The van der Waals surface area contributed by atoms with Crippen LogP contribution in [0.1, 0.15) is 12.5 Å². The summed E-state index contributed by atoms with van der Waals surface area (Å²) in [5, 5.41) is 30.9. The molecule has 2 aromatic carbocycles. The summed E-state index contributed by atoms with van der Waals surface area (Å²) in [6.45, 7) is 3.63. The highest BCUT2D eigenvalue weighted by Crippen LogP contribution is 2.31. The van der Waals surface area contributed by atoms with Crippen LogP contribution in [0.3, 0.4) is 0 Å². The zero-order valence-electron chi connectivity index (χ0n) is 13.0. The van der Waals surface area contributed by atoms with E-state index in [2.05, 4.69) is 21.6 Å². The number of nitriles is 1. The Morgan fingerprint density at radius 3 is 2.50 bits per heavy atom. The maximum Gasteiger partial charge on any atom is 0.271 e. The van der Waals surface area contributed by atoms with E-state index in [1.54, 1.807) is 19.1 Å². The quantitative estimate of drug-likeness (QED) is 0.452. The summed E-state index contributed by atoms with van der Waals surface area (Å²) in [7, 11) is 0. The van der Waals surface area contributed by atoms with Gasteiger partial charge in [0.05, 0.1) is 21.7 Å². The van der Waals surface area contributed by atoms with Gasteiger partial charge in [-0.2, -0.15) is 10.4 Å². The van der Waals surface area contributed by atoms with Gasteiger partial charge in [-0.15, -0.1) is 5.11 Å². The SMILES string of the molecule is Cc1cc(NC(C)C#N)ccc1N=Nc1ccc([N+](=O)[O-])cc1Cl. The molecular weight excluding hydrogens is 330 g/mol. The molecule has 0 amide bonds. The number of nitro groups is 1. The van der Waals surface area contributed by atoms with Crippen LogP contribution in [-0.2, 0) is 0 Å². The van der Waals surface area contributed by atoms with E-state index in [4.69, 9.17) is 16.9 Å². The Kier molecular flexibility index (Phi) is 5.45. The van der Waals surface area contributed by atoms with Gasteiger partial charge in [-0.25, -0.2) is 0 Å². The Bertz CT molecular complexity index is 845. The molecule has 0 aliphatic heterocycles. The van der Waals surface area contributed by atoms with Crippen LogP contribution in [0.2, 0.25) is 5.02 Å². The molecule has 0 bridgehead atoms. The lowest BCUT2D eigenvalue weighted by Crippen LogP contribution is -2.11. The number of rotatable bonds is 5. The fourth-order valence-corrected chi connectivity index (χ4v) is 2.15. The Morgan fingerprint density at radius 1 is 1.25 bits per heavy atom. The van der Waals surface area contributed by atoms with E-state index in [0.717, 1.165) is 11.3 Å². The summed E-state index contributed by atoms with van der Waals surface area (Å²) < 4.78 is 0. The van der Waals surface area contributed by atoms with Gasteiger partial charge in [-0.3, -0.25) is 10.1 Å². The summed E-state index contributed by atoms with van der Waals surface area (Å²) in [5.74, 6) is 0. The van der Waals surface area contributed by atoms with Gasteiger partial charge in [0, 0.05) is 17.8 Å². The maximum atomic E-state index is 10.7. The number of hydrogen-bond acceptors (Lipinski definition) is 6. The predicted molar refractivity (Wildman–Crippen MR) is 92.2 cm³/mol. The molecule has 2 rings (SSSR count). The molecule has 8 heteroatoms. The molecule has 7 nitrogen and oxygen atoms in total. The molecular formula is C16H14ClN5O2. The lowest BCUT2D eigenvalue weighted by Gasteiger charge is -2.09. The number of nitrogens with zero attached hydrogens (tertiary/aromatic N) is 4. The standard InChI is InChI=1S/C16H14ClN5O2/c1-10-7-12(19-11(2)9-18)3-5-15(10)20-21-16-6-4-13(22(23)24)8-14(16)17/h3-8,11,19H,1-2H3. The average Bonchev–Trinajstić information content (AvgIpc) is 2.54. The van der Waals surface area contributed by atoms with E-state index < -0.39 is 4.92 Å². The van der Waals surface area contributed by atoms with Gasteiger partial charge in [0.15, 0.2) is 0 Å². The van der Waals surface area contributed by atoms with Gasteiger partial charge in [0.1, 0.15) is 11.7 Å². The summed E-state index contributed by atoms with van der Waals surface area (Å²) >= 11 is 5.98. The molecule has 1 N–H and O–H groups in total. The highest BCUT2D eigenvalue weighted by atomic mass is 35.5. The molecule has 0 saturated carbocycles. The van der Waals surface area contributed by atoms with Crippen LogP contribution in [0.15, 0.2) is 46.6 Å². The minimum atomic E-state index is -0.523. The minimum Gasteiger partial charge on any atom is -0.370 e. The molecule has 1 atom stereocenters. The third-order valence-electron chi connectivity index (χ3n) is 3.18. The van der Waals surface area contributed by atoms with Gasteiger partial charge in [-0.05, 0) is 43.7 Å². The Hall–Kier alpha value is -2.98. The second-order valence-corrected chi connectivity index (χ2v) is 5.50. The largest absolute Gasteiger partial charge is 0.370 e. The molecule has 0 aromatic heterocycles. The van der Waals surface area contributed by atoms with E-state index in [0.29, 0.717) is 11.4 Å². The van der Waals surface area contributed by atoms with Crippen LogP contribution >= 0.6 is 11.6 Å². The number of anilines is 1. The number of non-ortho nitro benzene ring substituents is 1.